The van der Waals surface area contributed by atoms with Crippen molar-refractivity contribution in [3.63, 3.8) is 0 Å². The molecule has 1 aliphatic carbocycles. The van der Waals surface area contributed by atoms with Crippen LogP contribution in [0.4, 0.5) is 11.5 Å². The molecule has 1 saturated carbocycles. The summed E-state index contributed by atoms with van der Waals surface area (Å²) in [6, 6.07) is 3.15. The van der Waals surface area contributed by atoms with E-state index in [9.17, 15) is 14.9 Å². The number of rotatable bonds is 6. The van der Waals surface area contributed by atoms with Crippen LogP contribution >= 0.6 is 0 Å². The third-order valence-corrected chi connectivity index (χ3v) is 3.02. The van der Waals surface area contributed by atoms with Gasteiger partial charge in [-0.05, 0) is 12.8 Å². The van der Waals surface area contributed by atoms with Crippen molar-refractivity contribution in [1.29, 1.82) is 5.26 Å². The van der Waals surface area contributed by atoms with E-state index in [1.807, 2.05) is 6.07 Å². The predicted octanol–water partition coefficient (Wildman–Crippen LogP) is 1.57. The van der Waals surface area contributed by atoms with Gasteiger partial charge in [0.05, 0.1) is 23.0 Å². The van der Waals surface area contributed by atoms with E-state index in [0.717, 1.165) is 25.1 Å². The van der Waals surface area contributed by atoms with Crippen molar-refractivity contribution >= 4 is 17.5 Å². The van der Waals surface area contributed by atoms with Gasteiger partial charge in [-0.3, -0.25) is 10.1 Å². The van der Waals surface area contributed by atoms with E-state index in [1.165, 1.54) is 0 Å². The minimum absolute atomic E-state index is 0.137. The average molecular weight is 276 g/mol. The number of nitriles is 1. The Morgan fingerprint density at radius 3 is 2.85 bits per heavy atom. The number of aromatic carboxylic acids is 1. The van der Waals surface area contributed by atoms with Crippen LogP contribution in [0, 0.1) is 21.4 Å². The van der Waals surface area contributed by atoms with Crippen molar-refractivity contribution < 1.29 is 14.8 Å². The Morgan fingerprint density at radius 1 is 1.65 bits per heavy atom. The van der Waals surface area contributed by atoms with Crippen molar-refractivity contribution in [2.75, 3.05) is 11.4 Å². The Morgan fingerprint density at radius 2 is 2.35 bits per heavy atom. The number of nitrogens with zero attached hydrogens (tertiary/aromatic N) is 4. The lowest BCUT2D eigenvalue weighted by atomic mass is 10.2. The minimum atomic E-state index is -1.26. The van der Waals surface area contributed by atoms with Crippen LogP contribution < -0.4 is 4.90 Å². The SMILES string of the molecule is N#CCCN(c1ncc(C(=O)O)cc1[N+](=O)[O-])C1CC1. The molecule has 1 aromatic rings. The standard InChI is InChI=1S/C12H12N4O4/c13-4-1-5-15(9-2-3-9)11-10(16(19)20)6-8(7-14-11)12(17)18/h6-7,9H,1-3,5H2,(H,17,18). The normalized spacial score (nSPS) is 13.6. The van der Waals surface area contributed by atoms with E-state index >= 15 is 0 Å². The molecule has 1 heterocycles. The molecule has 0 spiro atoms. The molecule has 0 unspecified atom stereocenters. The van der Waals surface area contributed by atoms with Gasteiger partial charge in [0.15, 0.2) is 0 Å². The average Bonchev–Trinajstić information content (AvgIpc) is 3.23. The Bertz CT molecular complexity index is 592. The molecule has 0 aliphatic heterocycles. The summed E-state index contributed by atoms with van der Waals surface area (Å²) >= 11 is 0. The van der Waals surface area contributed by atoms with Gasteiger partial charge in [-0.25, -0.2) is 9.78 Å². The number of carbonyl (C=O) groups is 1. The first-order chi connectivity index (χ1) is 9.54. The molecule has 8 heteroatoms. The van der Waals surface area contributed by atoms with E-state index in [0.29, 0.717) is 6.54 Å². The second kappa shape index (κ2) is 5.52. The number of carboxylic acids is 1. The lowest BCUT2D eigenvalue weighted by Gasteiger charge is -2.21. The summed E-state index contributed by atoms with van der Waals surface area (Å²) < 4.78 is 0. The number of hydrogen-bond acceptors (Lipinski definition) is 6. The van der Waals surface area contributed by atoms with Gasteiger partial charge in [-0.2, -0.15) is 5.26 Å². The number of aromatic nitrogens is 1. The molecule has 0 saturated heterocycles. The topological polar surface area (TPSA) is 120 Å². The summed E-state index contributed by atoms with van der Waals surface area (Å²) in [6.07, 6.45) is 3.12. The number of pyridine rings is 1. The van der Waals surface area contributed by atoms with Crippen molar-refractivity contribution in [2.24, 2.45) is 0 Å². The summed E-state index contributed by atoms with van der Waals surface area (Å²) in [5.41, 5.74) is -0.564. The number of anilines is 1. The molecule has 0 atom stereocenters. The van der Waals surface area contributed by atoms with Crippen molar-refractivity contribution in [1.82, 2.24) is 4.98 Å². The van der Waals surface area contributed by atoms with Crippen molar-refractivity contribution in [3.8, 4) is 6.07 Å². The largest absolute Gasteiger partial charge is 0.478 e. The van der Waals surface area contributed by atoms with Gasteiger partial charge in [0.1, 0.15) is 0 Å². The molecule has 104 valence electrons. The molecule has 20 heavy (non-hydrogen) atoms. The third kappa shape index (κ3) is 2.83. The maximum absolute atomic E-state index is 11.1. The highest BCUT2D eigenvalue weighted by Gasteiger charge is 2.34. The fourth-order valence-electron chi connectivity index (χ4n) is 1.94. The van der Waals surface area contributed by atoms with E-state index in [-0.39, 0.29) is 29.5 Å². The highest BCUT2D eigenvalue weighted by atomic mass is 16.6. The van der Waals surface area contributed by atoms with Gasteiger partial charge < -0.3 is 10.0 Å². The summed E-state index contributed by atoms with van der Waals surface area (Å²) in [4.78, 5) is 27.0. The smallest absolute Gasteiger partial charge is 0.337 e. The molecule has 8 nitrogen and oxygen atoms in total. The van der Waals surface area contributed by atoms with Crippen LogP contribution in [0.5, 0.6) is 0 Å². The van der Waals surface area contributed by atoms with Crippen LogP contribution in [0.3, 0.4) is 0 Å². The van der Waals surface area contributed by atoms with Crippen LogP contribution in [0.1, 0.15) is 29.6 Å². The summed E-state index contributed by atoms with van der Waals surface area (Å²) in [5, 5.41) is 28.6. The van der Waals surface area contributed by atoms with Crippen LogP contribution in [0.2, 0.25) is 0 Å². The van der Waals surface area contributed by atoms with Gasteiger partial charge in [0.25, 0.3) is 0 Å². The zero-order valence-corrected chi connectivity index (χ0v) is 10.5. The first kappa shape index (κ1) is 13.7. The molecule has 1 fully saturated rings. The monoisotopic (exact) mass is 276 g/mol. The molecular weight excluding hydrogens is 264 g/mol. The lowest BCUT2D eigenvalue weighted by Crippen LogP contribution is -2.28. The van der Waals surface area contributed by atoms with Gasteiger partial charge in [-0.15, -0.1) is 0 Å². The molecule has 0 bridgehead atoms. The zero-order chi connectivity index (χ0) is 14.7. The van der Waals surface area contributed by atoms with Crippen molar-refractivity contribution in [3.05, 3.63) is 27.9 Å². The van der Waals surface area contributed by atoms with Crippen LogP contribution in [-0.2, 0) is 0 Å². The van der Waals surface area contributed by atoms with E-state index in [1.54, 1.807) is 4.90 Å². The first-order valence-electron chi connectivity index (χ1n) is 6.06. The highest BCUT2D eigenvalue weighted by Crippen LogP contribution is 2.35. The Kier molecular flexibility index (Phi) is 3.79. The Hall–Kier alpha value is -2.69. The molecule has 1 aromatic heterocycles. The molecule has 2 rings (SSSR count). The molecular formula is C12H12N4O4. The summed E-state index contributed by atoms with van der Waals surface area (Å²) in [7, 11) is 0. The highest BCUT2D eigenvalue weighted by molar-refractivity contribution is 5.88. The van der Waals surface area contributed by atoms with E-state index in [4.69, 9.17) is 10.4 Å². The maximum Gasteiger partial charge on any atom is 0.337 e. The second-order valence-electron chi connectivity index (χ2n) is 4.46. The Labute approximate surface area is 114 Å². The van der Waals surface area contributed by atoms with E-state index in [2.05, 4.69) is 4.98 Å². The number of nitro groups is 1. The number of carboxylic acid groups (broad SMARTS) is 1. The van der Waals surface area contributed by atoms with Crippen molar-refractivity contribution in [2.45, 2.75) is 25.3 Å². The van der Waals surface area contributed by atoms with Crippen LogP contribution in [0.25, 0.3) is 0 Å². The quantitative estimate of drug-likeness (QED) is 0.618. The zero-order valence-electron chi connectivity index (χ0n) is 10.5. The van der Waals surface area contributed by atoms with Crippen LogP contribution in [0.15, 0.2) is 12.3 Å². The molecule has 0 radical (unpaired) electrons. The van der Waals surface area contributed by atoms with Gasteiger partial charge in [-0.1, -0.05) is 0 Å². The van der Waals surface area contributed by atoms with Gasteiger partial charge in [0, 0.05) is 24.8 Å². The molecule has 0 aromatic carbocycles. The molecule has 0 amide bonds. The maximum atomic E-state index is 11.1. The lowest BCUT2D eigenvalue weighted by molar-refractivity contribution is -0.384. The minimum Gasteiger partial charge on any atom is -0.478 e. The summed E-state index contributed by atoms with van der Waals surface area (Å²) in [5.74, 6) is -1.13. The Balaban J connectivity index is 2.40. The number of hydrogen-bond donors (Lipinski definition) is 1. The van der Waals surface area contributed by atoms with Gasteiger partial charge in [0.2, 0.25) is 5.82 Å². The van der Waals surface area contributed by atoms with E-state index < -0.39 is 10.9 Å². The molecule has 1 aliphatic rings. The fraction of sp³-hybridized carbons (Fsp3) is 0.417. The fourth-order valence-corrected chi connectivity index (χ4v) is 1.94. The third-order valence-electron chi connectivity index (χ3n) is 3.02. The second-order valence-corrected chi connectivity index (χ2v) is 4.46. The van der Waals surface area contributed by atoms with Gasteiger partial charge >= 0.3 is 11.7 Å². The van der Waals surface area contributed by atoms with Crippen LogP contribution in [-0.4, -0.2) is 33.6 Å². The molecule has 1 N–H and O–H groups in total. The predicted molar refractivity (Wildman–Crippen MR) is 68.4 cm³/mol. The first-order valence-corrected chi connectivity index (χ1v) is 6.06. The summed E-state index contributed by atoms with van der Waals surface area (Å²) in [6.45, 7) is 0.349.